The highest BCUT2D eigenvalue weighted by molar-refractivity contribution is 5.71. The number of fused-ring (bicyclic) bond motifs is 3. The van der Waals surface area contributed by atoms with Crippen molar-refractivity contribution in [2.75, 3.05) is 18.0 Å². The molecule has 124 valence electrons. The summed E-state index contributed by atoms with van der Waals surface area (Å²) in [7, 11) is 0. The fourth-order valence-corrected chi connectivity index (χ4v) is 3.56. The van der Waals surface area contributed by atoms with E-state index in [1.165, 1.54) is 30.3 Å². The highest BCUT2D eigenvalue weighted by Crippen LogP contribution is 2.33. The number of piperazine rings is 1. The molecule has 3 aliphatic rings. The standard InChI is InChI=1S/C17H17FN4O2/c18-12-3-1-11(2-4-12)17-15(22(23)24)7-8-16(20-17)21-10-13-5-6-14(21)9-19-13/h1-4,7-8,13-14,19H,5-6,9-10H2. The van der Waals surface area contributed by atoms with Gasteiger partial charge in [0.25, 0.3) is 5.69 Å². The molecule has 0 radical (unpaired) electrons. The average Bonchev–Trinajstić information content (AvgIpc) is 2.62. The summed E-state index contributed by atoms with van der Waals surface area (Å²) < 4.78 is 13.2. The zero-order valence-corrected chi connectivity index (χ0v) is 13.0. The lowest BCUT2D eigenvalue weighted by molar-refractivity contribution is -0.384. The molecule has 2 bridgehead atoms. The van der Waals surface area contributed by atoms with Gasteiger partial charge in [-0.1, -0.05) is 0 Å². The summed E-state index contributed by atoms with van der Waals surface area (Å²) in [5, 5.41) is 14.8. The van der Waals surface area contributed by atoms with Crippen molar-refractivity contribution in [1.29, 1.82) is 0 Å². The molecule has 3 fully saturated rings. The van der Waals surface area contributed by atoms with Crippen LogP contribution in [0.3, 0.4) is 0 Å². The zero-order valence-electron chi connectivity index (χ0n) is 13.0. The van der Waals surface area contributed by atoms with Gasteiger partial charge in [-0.25, -0.2) is 9.37 Å². The molecule has 1 aromatic heterocycles. The topological polar surface area (TPSA) is 71.3 Å². The maximum atomic E-state index is 13.2. The van der Waals surface area contributed by atoms with E-state index in [2.05, 4.69) is 15.2 Å². The fraction of sp³-hybridized carbons (Fsp3) is 0.353. The molecular formula is C17H17FN4O2. The molecular weight excluding hydrogens is 311 g/mol. The first-order valence-corrected chi connectivity index (χ1v) is 8.03. The van der Waals surface area contributed by atoms with Crippen LogP contribution in [-0.4, -0.2) is 35.1 Å². The predicted molar refractivity (Wildman–Crippen MR) is 88.4 cm³/mol. The monoisotopic (exact) mass is 328 g/mol. The summed E-state index contributed by atoms with van der Waals surface area (Å²) in [6, 6.07) is 9.66. The molecule has 0 saturated carbocycles. The van der Waals surface area contributed by atoms with Crippen molar-refractivity contribution in [3.63, 3.8) is 0 Å². The Labute approximate surface area is 138 Å². The molecule has 7 heteroatoms. The number of nitro groups is 1. The molecule has 0 amide bonds. The van der Waals surface area contributed by atoms with E-state index in [4.69, 9.17) is 0 Å². The number of aromatic nitrogens is 1. The van der Waals surface area contributed by atoms with Gasteiger partial charge < -0.3 is 10.2 Å². The van der Waals surface area contributed by atoms with Crippen LogP contribution in [0, 0.1) is 15.9 Å². The molecule has 0 spiro atoms. The van der Waals surface area contributed by atoms with Gasteiger partial charge in [0.2, 0.25) is 0 Å². The third kappa shape index (κ3) is 2.60. The SMILES string of the molecule is O=[N+]([O-])c1ccc(N2CC3CCC2CN3)nc1-c1ccc(F)cc1. The van der Waals surface area contributed by atoms with Crippen LogP contribution in [0.4, 0.5) is 15.9 Å². The van der Waals surface area contributed by atoms with E-state index in [9.17, 15) is 14.5 Å². The minimum Gasteiger partial charge on any atom is -0.351 e. The van der Waals surface area contributed by atoms with Crippen LogP contribution >= 0.6 is 0 Å². The molecule has 4 heterocycles. The second-order valence-corrected chi connectivity index (χ2v) is 6.29. The molecule has 24 heavy (non-hydrogen) atoms. The summed E-state index contributed by atoms with van der Waals surface area (Å²) in [6.45, 7) is 1.77. The van der Waals surface area contributed by atoms with Crippen LogP contribution in [0.1, 0.15) is 12.8 Å². The number of rotatable bonds is 3. The number of hydrogen-bond acceptors (Lipinski definition) is 5. The van der Waals surface area contributed by atoms with E-state index >= 15 is 0 Å². The lowest BCUT2D eigenvalue weighted by Gasteiger charge is -2.46. The Hall–Kier alpha value is -2.54. The van der Waals surface area contributed by atoms with Gasteiger partial charge >= 0.3 is 0 Å². The molecule has 6 nitrogen and oxygen atoms in total. The number of nitrogens with zero attached hydrogens (tertiary/aromatic N) is 3. The Balaban J connectivity index is 1.76. The molecule has 3 aliphatic heterocycles. The highest BCUT2D eigenvalue weighted by Gasteiger charge is 2.34. The van der Waals surface area contributed by atoms with Gasteiger partial charge in [0, 0.05) is 36.8 Å². The molecule has 0 aliphatic carbocycles. The maximum Gasteiger partial charge on any atom is 0.295 e. The maximum absolute atomic E-state index is 13.2. The second-order valence-electron chi connectivity index (χ2n) is 6.29. The van der Waals surface area contributed by atoms with E-state index < -0.39 is 4.92 Å². The van der Waals surface area contributed by atoms with Gasteiger partial charge in [0.05, 0.1) is 4.92 Å². The number of piperidine rings is 2. The van der Waals surface area contributed by atoms with E-state index in [0.717, 1.165) is 31.7 Å². The Bertz CT molecular complexity index is 773. The minimum atomic E-state index is -0.445. The van der Waals surface area contributed by atoms with Crippen molar-refractivity contribution in [2.24, 2.45) is 0 Å². The van der Waals surface area contributed by atoms with Crippen LogP contribution in [0.25, 0.3) is 11.3 Å². The average molecular weight is 328 g/mol. The summed E-state index contributed by atoms with van der Waals surface area (Å²) in [5.74, 6) is 0.369. The second kappa shape index (κ2) is 5.83. The summed E-state index contributed by atoms with van der Waals surface area (Å²) in [4.78, 5) is 17.7. The van der Waals surface area contributed by atoms with Crippen LogP contribution < -0.4 is 10.2 Å². The Morgan fingerprint density at radius 2 is 2.00 bits per heavy atom. The van der Waals surface area contributed by atoms with Gasteiger partial charge in [-0.05, 0) is 43.2 Å². The zero-order chi connectivity index (χ0) is 16.7. The molecule has 2 atom stereocenters. The molecule has 3 saturated heterocycles. The smallest absolute Gasteiger partial charge is 0.295 e. The van der Waals surface area contributed by atoms with Crippen LogP contribution in [0.2, 0.25) is 0 Å². The Kier molecular flexibility index (Phi) is 3.65. The molecule has 2 aromatic rings. The first kappa shape index (κ1) is 15.0. The number of benzene rings is 1. The van der Waals surface area contributed by atoms with Crippen molar-refractivity contribution >= 4 is 11.5 Å². The Morgan fingerprint density at radius 1 is 1.21 bits per heavy atom. The van der Waals surface area contributed by atoms with Crippen molar-refractivity contribution in [3.05, 3.63) is 52.3 Å². The lowest BCUT2D eigenvalue weighted by Crippen LogP contribution is -2.61. The molecule has 5 rings (SSSR count). The van der Waals surface area contributed by atoms with E-state index in [-0.39, 0.29) is 17.2 Å². The molecule has 1 aromatic carbocycles. The van der Waals surface area contributed by atoms with E-state index in [0.29, 0.717) is 17.6 Å². The molecule has 2 unspecified atom stereocenters. The lowest BCUT2D eigenvalue weighted by atomic mass is 9.93. The first-order chi connectivity index (χ1) is 11.6. The number of anilines is 1. The number of pyridine rings is 1. The summed E-state index contributed by atoms with van der Waals surface area (Å²) in [6.07, 6.45) is 2.25. The van der Waals surface area contributed by atoms with Gasteiger partial charge in [0.1, 0.15) is 11.6 Å². The first-order valence-electron chi connectivity index (χ1n) is 8.03. The van der Waals surface area contributed by atoms with Gasteiger partial charge in [-0.2, -0.15) is 0 Å². The van der Waals surface area contributed by atoms with Gasteiger partial charge in [0.15, 0.2) is 5.69 Å². The van der Waals surface area contributed by atoms with Crippen molar-refractivity contribution in [2.45, 2.75) is 24.9 Å². The summed E-state index contributed by atoms with van der Waals surface area (Å²) >= 11 is 0. The van der Waals surface area contributed by atoms with Crippen LogP contribution in [0.15, 0.2) is 36.4 Å². The van der Waals surface area contributed by atoms with E-state index in [1.54, 1.807) is 6.07 Å². The quantitative estimate of drug-likeness (QED) is 0.693. The van der Waals surface area contributed by atoms with Crippen LogP contribution in [0.5, 0.6) is 0 Å². The van der Waals surface area contributed by atoms with E-state index in [1.807, 2.05) is 0 Å². The number of nitrogens with one attached hydrogen (secondary N) is 1. The highest BCUT2D eigenvalue weighted by atomic mass is 19.1. The molecule has 1 N–H and O–H groups in total. The predicted octanol–water partition coefficient (Wildman–Crippen LogP) is 2.74. The van der Waals surface area contributed by atoms with Crippen LogP contribution in [-0.2, 0) is 0 Å². The third-order valence-corrected chi connectivity index (χ3v) is 4.82. The normalized spacial score (nSPS) is 22.6. The van der Waals surface area contributed by atoms with Crippen molar-refractivity contribution in [3.8, 4) is 11.3 Å². The minimum absolute atomic E-state index is 0.0642. The largest absolute Gasteiger partial charge is 0.351 e. The summed E-state index contributed by atoms with van der Waals surface area (Å²) in [5.41, 5.74) is 0.766. The number of halogens is 1. The number of hydrogen-bond donors (Lipinski definition) is 1. The fourth-order valence-electron chi connectivity index (χ4n) is 3.56. The Morgan fingerprint density at radius 3 is 2.58 bits per heavy atom. The van der Waals surface area contributed by atoms with Crippen molar-refractivity contribution < 1.29 is 9.31 Å². The third-order valence-electron chi connectivity index (χ3n) is 4.82. The van der Waals surface area contributed by atoms with Gasteiger partial charge in [-0.15, -0.1) is 0 Å². The van der Waals surface area contributed by atoms with Crippen molar-refractivity contribution in [1.82, 2.24) is 10.3 Å². The van der Waals surface area contributed by atoms with Gasteiger partial charge in [-0.3, -0.25) is 10.1 Å².